The van der Waals surface area contributed by atoms with E-state index in [9.17, 15) is 24.3 Å². The number of halogens is 1. The Hall–Kier alpha value is -3.10. The Morgan fingerprint density at radius 1 is 1.45 bits per heavy atom. The van der Waals surface area contributed by atoms with Crippen LogP contribution in [0.15, 0.2) is 33.4 Å². The van der Waals surface area contributed by atoms with Crippen LogP contribution in [0.4, 0.5) is 5.13 Å². The quantitative estimate of drug-likeness (QED) is 0.221. The number of oxime groups is 1. The second kappa shape index (κ2) is 9.36. The van der Waals surface area contributed by atoms with Gasteiger partial charge in [0.2, 0.25) is 6.61 Å². The number of aliphatic carboxylic acids is 2. The largest absolute Gasteiger partial charge is 0.479 e. The topological polar surface area (TPSA) is 185 Å². The molecule has 1 aromatic rings. The molecule has 2 atom stereocenters. The SMILES string of the molecule is Nc1nc(C(=NOCC(=O)O)C(=O)NC2C(=O)N3C(C(=O)O)=C(C=CCl)CS[C@@H]23)cs1. The summed E-state index contributed by atoms with van der Waals surface area (Å²) in [5.74, 6) is -3.83. The Morgan fingerprint density at radius 3 is 2.77 bits per heavy atom. The molecule has 0 bridgehead atoms. The van der Waals surface area contributed by atoms with Gasteiger partial charge in [0.05, 0.1) is 0 Å². The fraction of sp³-hybridized carbons (Fsp3) is 0.250. The Bertz CT molecular complexity index is 1040. The van der Waals surface area contributed by atoms with Gasteiger partial charge in [-0.2, -0.15) is 0 Å². The number of aromatic nitrogens is 1. The summed E-state index contributed by atoms with van der Waals surface area (Å²) in [7, 11) is 0. The third-order valence-corrected chi connectivity index (χ3v) is 6.18. The molecule has 2 amide bonds. The van der Waals surface area contributed by atoms with Gasteiger partial charge in [-0.25, -0.2) is 14.6 Å². The molecule has 1 aromatic heterocycles. The molecule has 3 heterocycles. The van der Waals surface area contributed by atoms with Gasteiger partial charge in [0, 0.05) is 16.7 Å². The van der Waals surface area contributed by atoms with Crippen LogP contribution in [0.3, 0.4) is 0 Å². The first kappa shape index (κ1) is 22.6. The van der Waals surface area contributed by atoms with Crippen LogP contribution < -0.4 is 11.1 Å². The van der Waals surface area contributed by atoms with Crippen molar-refractivity contribution in [3.8, 4) is 0 Å². The van der Waals surface area contributed by atoms with E-state index in [1.54, 1.807) is 0 Å². The number of nitrogens with two attached hydrogens (primary N) is 1. The van der Waals surface area contributed by atoms with Gasteiger partial charge in [-0.05, 0) is 11.6 Å². The van der Waals surface area contributed by atoms with Crippen LogP contribution in [0.25, 0.3) is 0 Å². The molecule has 31 heavy (non-hydrogen) atoms. The second-order valence-electron chi connectivity index (χ2n) is 6.01. The Balaban J connectivity index is 1.80. The van der Waals surface area contributed by atoms with Gasteiger partial charge in [0.15, 0.2) is 10.8 Å². The number of allylic oxidation sites excluding steroid dienone is 1. The number of carboxylic acids is 2. The van der Waals surface area contributed by atoms with E-state index < -0.39 is 41.8 Å². The van der Waals surface area contributed by atoms with E-state index in [2.05, 4.69) is 20.3 Å². The van der Waals surface area contributed by atoms with Crippen molar-refractivity contribution in [3.63, 3.8) is 0 Å². The number of hydrogen-bond acceptors (Lipinski definition) is 10. The van der Waals surface area contributed by atoms with Gasteiger partial charge in [0.1, 0.15) is 22.8 Å². The van der Waals surface area contributed by atoms with Crippen molar-refractivity contribution >= 4 is 69.3 Å². The molecule has 0 aromatic carbocycles. The van der Waals surface area contributed by atoms with Crippen LogP contribution in [0, 0.1) is 0 Å². The van der Waals surface area contributed by atoms with E-state index >= 15 is 0 Å². The number of carbonyl (C=O) groups excluding carboxylic acids is 2. The molecule has 15 heteroatoms. The molecule has 2 aliphatic rings. The van der Waals surface area contributed by atoms with Crippen LogP contribution in [-0.4, -0.2) is 73.3 Å². The lowest BCUT2D eigenvalue weighted by Crippen LogP contribution is -2.71. The molecule has 1 unspecified atom stereocenters. The Morgan fingerprint density at radius 2 is 2.19 bits per heavy atom. The fourth-order valence-corrected chi connectivity index (χ4v) is 4.83. The van der Waals surface area contributed by atoms with Gasteiger partial charge in [0.25, 0.3) is 11.8 Å². The number of fused-ring (bicyclic) bond motifs is 1. The molecule has 164 valence electrons. The maximum atomic E-state index is 12.8. The van der Waals surface area contributed by atoms with Crippen molar-refractivity contribution in [2.45, 2.75) is 11.4 Å². The number of anilines is 1. The molecule has 0 saturated carbocycles. The number of rotatable bonds is 8. The Labute approximate surface area is 187 Å². The summed E-state index contributed by atoms with van der Waals surface area (Å²) >= 11 is 7.81. The van der Waals surface area contributed by atoms with Crippen molar-refractivity contribution in [1.29, 1.82) is 0 Å². The summed E-state index contributed by atoms with van der Waals surface area (Å²) in [6.45, 7) is -0.797. The van der Waals surface area contributed by atoms with Crippen molar-refractivity contribution < 1.29 is 34.2 Å². The number of nitrogens with zero attached hydrogens (tertiary/aromatic N) is 3. The normalized spacial score (nSPS) is 21.0. The molecule has 5 N–H and O–H groups in total. The molecule has 1 fully saturated rings. The molecule has 1 saturated heterocycles. The fourth-order valence-electron chi connectivity index (χ4n) is 2.81. The smallest absolute Gasteiger partial charge is 0.352 e. The number of nitrogens with one attached hydrogen (secondary N) is 1. The number of thiazole rings is 1. The summed E-state index contributed by atoms with van der Waals surface area (Å²) in [4.78, 5) is 57.3. The van der Waals surface area contributed by atoms with Crippen LogP contribution >= 0.6 is 34.7 Å². The van der Waals surface area contributed by atoms with Gasteiger partial charge < -0.3 is 26.1 Å². The number of β-lactam (4-membered cyclic amide) rings is 1. The predicted molar refractivity (Wildman–Crippen MR) is 111 cm³/mol. The summed E-state index contributed by atoms with van der Waals surface area (Å²) < 4.78 is 0. The number of hydrogen-bond donors (Lipinski definition) is 4. The lowest BCUT2D eigenvalue weighted by atomic mass is 10.0. The van der Waals surface area contributed by atoms with Crippen molar-refractivity contribution in [3.05, 3.63) is 34.0 Å². The molecule has 0 spiro atoms. The highest BCUT2D eigenvalue weighted by molar-refractivity contribution is 8.00. The maximum Gasteiger partial charge on any atom is 0.352 e. The van der Waals surface area contributed by atoms with E-state index in [1.165, 1.54) is 23.2 Å². The average Bonchev–Trinajstić information content (AvgIpc) is 3.14. The third-order valence-electron chi connectivity index (χ3n) is 4.07. The minimum atomic E-state index is -1.31. The number of nitrogen functional groups attached to an aromatic ring is 1. The predicted octanol–water partition coefficient (Wildman–Crippen LogP) is 0.0217. The zero-order valence-corrected chi connectivity index (χ0v) is 17.7. The highest BCUT2D eigenvalue weighted by Crippen LogP contribution is 2.40. The summed E-state index contributed by atoms with van der Waals surface area (Å²) in [6.07, 6.45) is 1.39. The number of amides is 2. The zero-order valence-electron chi connectivity index (χ0n) is 15.4. The van der Waals surface area contributed by atoms with Gasteiger partial charge in [-0.3, -0.25) is 14.5 Å². The number of carboxylic acid groups (broad SMARTS) is 2. The first-order valence-electron chi connectivity index (χ1n) is 8.36. The van der Waals surface area contributed by atoms with Crippen LogP contribution in [0.1, 0.15) is 5.69 Å². The van der Waals surface area contributed by atoms with Gasteiger partial charge in [-0.15, -0.1) is 23.1 Å². The van der Waals surface area contributed by atoms with Crippen molar-refractivity contribution in [1.82, 2.24) is 15.2 Å². The van der Waals surface area contributed by atoms with E-state index in [4.69, 9.17) is 22.4 Å². The first-order valence-corrected chi connectivity index (χ1v) is 10.7. The first-order chi connectivity index (χ1) is 14.7. The van der Waals surface area contributed by atoms with Crippen LogP contribution in [-0.2, 0) is 24.0 Å². The number of thioether (sulfide) groups is 1. The molecule has 12 nitrogen and oxygen atoms in total. The lowest BCUT2D eigenvalue weighted by Gasteiger charge is -2.49. The molecular formula is C16H14ClN5O7S2. The van der Waals surface area contributed by atoms with Crippen LogP contribution in [0.2, 0.25) is 0 Å². The lowest BCUT2D eigenvalue weighted by molar-refractivity contribution is -0.150. The molecule has 0 radical (unpaired) electrons. The van der Waals surface area contributed by atoms with Crippen LogP contribution in [0.5, 0.6) is 0 Å². The van der Waals surface area contributed by atoms with Crippen molar-refractivity contribution in [2.24, 2.45) is 5.16 Å². The highest BCUT2D eigenvalue weighted by Gasteiger charge is 2.54. The molecule has 3 rings (SSSR count). The molecule has 2 aliphatic heterocycles. The standard InChI is InChI=1S/C16H14ClN5O7S2/c17-2-1-6-4-30-14-10(13(26)22(14)11(6)15(27)28)20-12(25)9(21-29-3-8(23)24)7-5-31-16(18)19-7/h1-2,5,10,14H,3-4H2,(H2,18,19)(H,20,25)(H,23,24)(H,27,28)/t10?,14-/m0/s1. The summed E-state index contributed by atoms with van der Waals surface area (Å²) in [5, 5.41) is 25.1. The second-order valence-corrected chi connectivity index (χ2v) is 8.26. The van der Waals surface area contributed by atoms with E-state index in [1.807, 2.05) is 0 Å². The molecule has 0 aliphatic carbocycles. The minimum Gasteiger partial charge on any atom is -0.479 e. The maximum absolute atomic E-state index is 12.8. The third kappa shape index (κ3) is 4.65. The van der Waals surface area contributed by atoms with E-state index in [0.717, 1.165) is 21.8 Å². The van der Waals surface area contributed by atoms with Crippen molar-refractivity contribution in [2.75, 3.05) is 18.1 Å². The highest BCUT2D eigenvalue weighted by atomic mass is 35.5. The van der Waals surface area contributed by atoms with E-state index in [-0.39, 0.29) is 28.0 Å². The summed E-state index contributed by atoms with van der Waals surface area (Å²) in [5.41, 5.74) is 6.54. The molecular weight excluding hydrogens is 474 g/mol. The summed E-state index contributed by atoms with van der Waals surface area (Å²) in [6, 6.07) is -1.03. The number of carbonyl (C=O) groups is 4. The van der Waals surface area contributed by atoms with E-state index in [0.29, 0.717) is 5.57 Å². The van der Waals surface area contributed by atoms with Gasteiger partial charge >= 0.3 is 11.9 Å². The average molecular weight is 488 g/mol. The Kier molecular flexibility index (Phi) is 6.82. The van der Waals surface area contributed by atoms with Gasteiger partial charge in [-0.1, -0.05) is 16.8 Å². The zero-order chi connectivity index (χ0) is 22.7. The minimum absolute atomic E-state index is 0.0333. The monoisotopic (exact) mass is 487 g/mol.